The summed E-state index contributed by atoms with van der Waals surface area (Å²) in [6.45, 7) is 3.40. The summed E-state index contributed by atoms with van der Waals surface area (Å²) in [5.41, 5.74) is 8.14. The number of benzene rings is 3. The van der Waals surface area contributed by atoms with E-state index in [-0.39, 0.29) is 41.5 Å². The number of carbonyl (C=O) groups excluding carboxylic acids is 2. The second-order valence-corrected chi connectivity index (χ2v) is 12.5. The SMILES string of the molecule is COc1cc(C(=O)N2CCC(CCN3CCC(C(N)=O)C(c4ccccc4)C3)(c3ccc(Cl)c(Cl)c3)C2)cc(OC)c1OC.Cl. The minimum absolute atomic E-state index is 0. The fourth-order valence-electron chi connectivity index (χ4n) is 6.82. The fourth-order valence-corrected chi connectivity index (χ4v) is 7.11. The van der Waals surface area contributed by atoms with Crippen molar-refractivity contribution in [1.82, 2.24) is 9.80 Å². The number of hydrogen-bond acceptors (Lipinski definition) is 6. The molecule has 8 nitrogen and oxygen atoms in total. The van der Waals surface area contributed by atoms with Crippen molar-refractivity contribution in [2.75, 3.05) is 54.1 Å². The van der Waals surface area contributed by atoms with Gasteiger partial charge in [0.05, 0.1) is 31.4 Å². The quantitative estimate of drug-likeness (QED) is 0.275. The van der Waals surface area contributed by atoms with Crippen LogP contribution in [0.5, 0.6) is 17.2 Å². The van der Waals surface area contributed by atoms with Gasteiger partial charge in [0.15, 0.2) is 11.5 Å². The highest BCUT2D eigenvalue weighted by Crippen LogP contribution is 2.43. The Bertz CT molecular complexity index is 1480. The molecule has 3 unspecified atom stereocenters. The molecule has 0 aliphatic carbocycles. The fraction of sp³-hybridized carbons (Fsp3) is 0.412. The van der Waals surface area contributed by atoms with E-state index in [1.807, 2.05) is 41.3 Å². The largest absolute Gasteiger partial charge is 0.493 e. The van der Waals surface area contributed by atoms with Gasteiger partial charge in [0, 0.05) is 42.4 Å². The van der Waals surface area contributed by atoms with Gasteiger partial charge in [-0.3, -0.25) is 9.59 Å². The third kappa shape index (κ3) is 7.30. The van der Waals surface area contributed by atoms with Gasteiger partial charge in [0.1, 0.15) is 0 Å². The van der Waals surface area contributed by atoms with E-state index in [0.717, 1.165) is 43.6 Å². The summed E-state index contributed by atoms with van der Waals surface area (Å²) in [5, 5.41) is 0.984. The minimum atomic E-state index is -0.340. The molecule has 3 aromatic carbocycles. The van der Waals surface area contributed by atoms with Crippen LogP contribution in [0.25, 0.3) is 0 Å². The summed E-state index contributed by atoms with van der Waals surface area (Å²) in [7, 11) is 4.60. The van der Waals surface area contributed by atoms with E-state index < -0.39 is 0 Å². The van der Waals surface area contributed by atoms with Crippen LogP contribution in [0.1, 0.15) is 46.7 Å². The van der Waals surface area contributed by atoms with Crippen molar-refractivity contribution in [3.05, 3.63) is 87.4 Å². The number of halogens is 3. The lowest BCUT2D eigenvalue weighted by Crippen LogP contribution is -2.45. The number of rotatable bonds is 10. The monoisotopic (exact) mass is 675 g/mol. The lowest BCUT2D eigenvalue weighted by atomic mass is 9.76. The number of amides is 2. The zero-order valence-electron chi connectivity index (χ0n) is 25.8. The van der Waals surface area contributed by atoms with Crippen LogP contribution in [0.2, 0.25) is 10.0 Å². The summed E-state index contributed by atoms with van der Waals surface area (Å²) >= 11 is 12.8. The van der Waals surface area contributed by atoms with Crippen LogP contribution in [-0.4, -0.2) is 75.7 Å². The molecule has 3 aromatic rings. The normalized spacial score (nSPS) is 21.6. The van der Waals surface area contributed by atoms with Gasteiger partial charge in [-0.05, 0) is 67.7 Å². The Hall–Kier alpha value is -3.17. The molecule has 11 heteroatoms. The average Bonchev–Trinajstić information content (AvgIpc) is 3.49. The van der Waals surface area contributed by atoms with E-state index in [1.54, 1.807) is 12.1 Å². The van der Waals surface area contributed by atoms with Crippen molar-refractivity contribution in [1.29, 1.82) is 0 Å². The number of primary amides is 1. The summed E-state index contributed by atoms with van der Waals surface area (Å²) in [6.07, 6.45) is 2.27. The summed E-state index contributed by atoms with van der Waals surface area (Å²) in [4.78, 5) is 30.6. The van der Waals surface area contributed by atoms with Crippen molar-refractivity contribution in [3.63, 3.8) is 0 Å². The van der Waals surface area contributed by atoms with E-state index in [2.05, 4.69) is 17.0 Å². The molecule has 2 heterocycles. The van der Waals surface area contributed by atoms with Crippen LogP contribution in [0.4, 0.5) is 0 Å². The zero-order valence-corrected chi connectivity index (χ0v) is 28.1. The molecule has 242 valence electrons. The van der Waals surface area contributed by atoms with Gasteiger partial charge in [-0.25, -0.2) is 0 Å². The van der Waals surface area contributed by atoms with E-state index in [9.17, 15) is 9.59 Å². The molecule has 0 saturated carbocycles. The molecule has 0 radical (unpaired) electrons. The number of piperidine rings is 1. The van der Waals surface area contributed by atoms with E-state index >= 15 is 0 Å². The number of nitrogens with two attached hydrogens (primary N) is 1. The van der Waals surface area contributed by atoms with Gasteiger partial charge in [0.2, 0.25) is 11.7 Å². The van der Waals surface area contributed by atoms with Crippen molar-refractivity contribution < 1.29 is 23.8 Å². The second kappa shape index (κ2) is 14.9. The predicted molar refractivity (Wildman–Crippen MR) is 180 cm³/mol. The maximum Gasteiger partial charge on any atom is 0.254 e. The number of nitrogens with zero attached hydrogens (tertiary/aromatic N) is 2. The molecule has 0 bridgehead atoms. The molecule has 2 saturated heterocycles. The van der Waals surface area contributed by atoms with Gasteiger partial charge >= 0.3 is 0 Å². The Labute approximate surface area is 281 Å². The maximum atomic E-state index is 13.9. The van der Waals surface area contributed by atoms with Gasteiger partial charge in [-0.2, -0.15) is 0 Å². The van der Waals surface area contributed by atoms with Gasteiger partial charge in [-0.15, -0.1) is 12.4 Å². The van der Waals surface area contributed by atoms with Gasteiger partial charge in [0.25, 0.3) is 5.91 Å². The van der Waals surface area contributed by atoms with E-state index in [0.29, 0.717) is 52.4 Å². The smallest absolute Gasteiger partial charge is 0.254 e. The predicted octanol–water partition coefficient (Wildman–Crippen LogP) is 6.21. The summed E-state index contributed by atoms with van der Waals surface area (Å²) in [5.74, 6) is 0.767. The molecule has 0 spiro atoms. The van der Waals surface area contributed by atoms with Crippen LogP contribution < -0.4 is 19.9 Å². The maximum absolute atomic E-state index is 13.9. The molecule has 2 aliphatic heterocycles. The molecule has 2 aliphatic rings. The van der Waals surface area contributed by atoms with E-state index in [1.165, 1.54) is 21.3 Å². The molecule has 2 amide bonds. The molecule has 45 heavy (non-hydrogen) atoms. The number of ether oxygens (including phenoxy) is 3. The topological polar surface area (TPSA) is 94.3 Å². The van der Waals surface area contributed by atoms with Crippen molar-refractivity contribution in [2.45, 2.75) is 30.6 Å². The van der Waals surface area contributed by atoms with Crippen LogP contribution in [0.3, 0.4) is 0 Å². The third-order valence-corrected chi connectivity index (χ3v) is 10.0. The molecule has 5 rings (SSSR count). The van der Waals surface area contributed by atoms with Crippen molar-refractivity contribution >= 4 is 47.4 Å². The third-order valence-electron chi connectivity index (χ3n) is 9.28. The van der Waals surface area contributed by atoms with Crippen LogP contribution in [-0.2, 0) is 10.2 Å². The van der Waals surface area contributed by atoms with Crippen molar-refractivity contribution in [3.8, 4) is 17.2 Å². The van der Waals surface area contributed by atoms with Gasteiger partial charge in [-0.1, -0.05) is 59.6 Å². The van der Waals surface area contributed by atoms with Crippen LogP contribution in [0, 0.1) is 5.92 Å². The lowest BCUT2D eigenvalue weighted by Gasteiger charge is -2.39. The average molecular weight is 677 g/mol. The number of carbonyl (C=O) groups is 2. The molecule has 3 atom stereocenters. The Morgan fingerprint density at radius 2 is 1.62 bits per heavy atom. The highest BCUT2D eigenvalue weighted by molar-refractivity contribution is 6.42. The summed E-state index contributed by atoms with van der Waals surface area (Å²) < 4.78 is 16.4. The van der Waals surface area contributed by atoms with Gasteiger partial charge < -0.3 is 29.7 Å². The standard InChI is InChI=1S/C34H39Cl2N3O5.ClH/c1-42-29-17-23(18-30(43-2)31(29)44-3)33(41)39-16-13-34(21-39,24-9-10-27(35)28(36)19-24)12-15-38-14-11-25(32(37)40)26(20-38)22-7-5-4-6-8-22;/h4-10,17-19,25-26H,11-16,20-21H2,1-3H3,(H2,37,40);1H. The highest BCUT2D eigenvalue weighted by atomic mass is 35.5. The molecule has 2 N–H and O–H groups in total. The zero-order chi connectivity index (χ0) is 31.4. The Kier molecular flexibility index (Phi) is 11.5. The molecule has 2 fully saturated rings. The number of methoxy groups -OCH3 is 3. The first-order valence-electron chi connectivity index (χ1n) is 14.8. The van der Waals surface area contributed by atoms with E-state index in [4.69, 9.17) is 43.1 Å². The number of hydrogen-bond donors (Lipinski definition) is 1. The first kappa shape index (κ1) is 34.7. The number of likely N-dealkylation sites (tertiary alicyclic amines) is 2. The molecule has 0 aromatic heterocycles. The Morgan fingerprint density at radius 3 is 2.22 bits per heavy atom. The first-order valence-corrected chi connectivity index (χ1v) is 15.6. The lowest BCUT2D eigenvalue weighted by molar-refractivity contribution is -0.124. The second-order valence-electron chi connectivity index (χ2n) is 11.7. The van der Waals surface area contributed by atoms with Crippen molar-refractivity contribution in [2.24, 2.45) is 11.7 Å². The molecular weight excluding hydrogens is 637 g/mol. The van der Waals surface area contributed by atoms with Crippen LogP contribution >= 0.6 is 35.6 Å². The summed E-state index contributed by atoms with van der Waals surface area (Å²) in [6, 6.07) is 19.3. The highest BCUT2D eigenvalue weighted by Gasteiger charge is 2.43. The Morgan fingerprint density at radius 1 is 0.933 bits per heavy atom. The Balaban J connectivity index is 0.00000461. The minimum Gasteiger partial charge on any atom is -0.493 e. The first-order chi connectivity index (χ1) is 21.2. The van der Waals surface area contributed by atoms with Crippen LogP contribution in [0.15, 0.2) is 60.7 Å². The molecular formula is C34H40Cl3N3O5.